The maximum Gasteiger partial charge on any atom is 0.293 e. The molecular weight excluding hydrogens is 216 g/mol. The van der Waals surface area contributed by atoms with Gasteiger partial charge in [0.15, 0.2) is 5.82 Å². The summed E-state index contributed by atoms with van der Waals surface area (Å²) in [6.45, 7) is 8.43. The zero-order valence-corrected chi connectivity index (χ0v) is 11.3. The van der Waals surface area contributed by atoms with E-state index >= 15 is 0 Å². The minimum Gasteiger partial charge on any atom is -0.351 e. The van der Waals surface area contributed by atoms with Gasteiger partial charge in [-0.2, -0.15) is 0 Å². The third kappa shape index (κ3) is 2.85. The lowest BCUT2D eigenvalue weighted by Gasteiger charge is -2.27. The number of hydrogen-bond donors (Lipinski definition) is 1. The van der Waals surface area contributed by atoms with Crippen LogP contribution in [0.25, 0.3) is 0 Å². The van der Waals surface area contributed by atoms with Crippen molar-refractivity contribution in [2.24, 2.45) is 5.73 Å². The van der Waals surface area contributed by atoms with Crippen LogP contribution in [0.3, 0.4) is 0 Å². The average molecular weight is 238 g/mol. The second kappa shape index (κ2) is 4.87. The Morgan fingerprint density at radius 3 is 2.59 bits per heavy atom. The van der Waals surface area contributed by atoms with Crippen LogP contribution in [0, 0.1) is 0 Å². The lowest BCUT2D eigenvalue weighted by atomic mass is 10.1. The number of anilines is 1. The third-order valence-electron chi connectivity index (χ3n) is 2.88. The van der Waals surface area contributed by atoms with E-state index in [-0.39, 0.29) is 17.1 Å². The minimum atomic E-state index is -0.248. The molecule has 17 heavy (non-hydrogen) atoms. The molecule has 2 N–H and O–H groups in total. The van der Waals surface area contributed by atoms with E-state index in [1.165, 1.54) is 0 Å². The SMILES string of the molecule is CC(CN)N(C)c1nccn(C(C)(C)C)c1=O. The standard InChI is InChI=1S/C12H22N4O/c1-9(8-13)15(5)10-11(17)16(7-6-14-10)12(2,3)4/h6-7,9H,8,13H2,1-5H3. The summed E-state index contributed by atoms with van der Waals surface area (Å²) in [5.74, 6) is 0.445. The third-order valence-corrected chi connectivity index (χ3v) is 2.88. The van der Waals surface area contributed by atoms with Crippen LogP contribution in [0.15, 0.2) is 17.2 Å². The van der Waals surface area contributed by atoms with E-state index in [0.717, 1.165) is 0 Å². The average Bonchev–Trinajstić information content (AvgIpc) is 2.25. The molecule has 0 aromatic carbocycles. The van der Waals surface area contributed by atoms with Crippen LogP contribution in [0.2, 0.25) is 0 Å². The minimum absolute atomic E-state index is 0.0807. The Labute approximate surface area is 102 Å². The normalized spacial score (nSPS) is 13.5. The first-order chi connectivity index (χ1) is 7.79. The van der Waals surface area contributed by atoms with Crippen molar-refractivity contribution in [3.63, 3.8) is 0 Å². The summed E-state index contributed by atoms with van der Waals surface area (Å²) in [5, 5.41) is 0. The molecule has 0 aliphatic carbocycles. The zero-order valence-electron chi connectivity index (χ0n) is 11.3. The molecule has 1 unspecified atom stereocenters. The first kappa shape index (κ1) is 13.7. The van der Waals surface area contributed by atoms with Crippen molar-refractivity contribution in [2.45, 2.75) is 39.3 Å². The van der Waals surface area contributed by atoms with Crippen LogP contribution in [0.1, 0.15) is 27.7 Å². The summed E-state index contributed by atoms with van der Waals surface area (Å²) in [4.78, 5) is 18.3. The van der Waals surface area contributed by atoms with Crippen molar-refractivity contribution in [3.8, 4) is 0 Å². The second-order valence-electron chi connectivity index (χ2n) is 5.29. The first-order valence-electron chi connectivity index (χ1n) is 5.80. The summed E-state index contributed by atoms with van der Waals surface area (Å²) in [7, 11) is 1.84. The molecule has 0 saturated heterocycles. The molecule has 0 spiro atoms. The number of likely N-dealkylation sites (N-methyl/N-ethyl adjacent to an activating group) is 1. The fraction of sp³-hybridized carbons (Fsp3) is 0.667. The number of nitrogens with two attached hydrogens (primary N) is 1. The van der Waals surface area contributed by atoms with Crippen LogP contribution < -0.4 is 16.2 Å². The molecule has 1 atom stereocenters. The summed E-state index contributed by atoms with van der Waals surface area (Å²) < 4.78 is 1.69. The van der Waals surface area contributed by atoms with E-state index in [0.29, 0.717) is 12.4 Å². The van der Waals surface area contributed by atoms with Gasteiger partial charge in [-0.05, 0) is 27.7 Å². The highest BCUT2D eigenvalue weighted by molar-refractivity contribution is 5.36. The van der Waals surface area contributed by atoms with Crippen LogP contribution in [0.5, 0.6) is 0 Å². The predicted molar refractivity (Wildman–Crippen MR) is 70.4 cm³/mol. The lowest BCUT2D eigenvalue weighted by molar-refractivity contribution is 0.382. The lowest BCUT2D eigenvalue weighted by Crippen LogP contribution is -2.42. The van der Waals surface area contributed by atoms with E-state index in [1.807, 2.05) is 39.6 Å². The summed E-state index contributed by atoms with van der Waals surface area (Å²) >= 11 is 0. The van der Waals surface area contributed by atoms with Gasteiger partial charge in [0, 0.05) is 37.6 Å². The van der Waals surface area contributed by atoms with Crippen LogP contribution in [-0.4, -0.2) is 29.2 Å². The molecule has 1 aromatic heterocycles. The Bertz CT molecular complexity index is 433. The van der Waals surface area contributed by atoms with Gasteiger partial charge in [0.25, 0.3) is 5.56 Å². The number of hydrogen-bond acceptors (Lipinski definition) is 4. The molecular formula is C12H22N4O. The predicted octanol–water partition coefficient (Wildman–Crippen LogP) is 0.782. The van der Waals surface area contributed by atoms with Crippen LogP contribution in [0.4, 0.5) is 5.82 Å². The molecule has 0 aliphatic rings. The molecule has 0 fully saturated rings. The van der Waals surface area contributed by atoms with Gasteiger partial charge >= 0.3 is 0 Å². The van der Waals surface area contributed by atoms with Crippen LogP contribution in [-0.2, 0) is 5.54 Å². The van der Waals surface area contributed by atoms with Gasteiger partial charge in [-0.3, -0.25) is 4.79 Å². The molecule has 1 aromatic rings. The highest BCUT2D eigenvalue weighted by Gasteiger charge is 2.19. The van der Waals surface area contributed by atoms with E-state index in [1.54, 1.807) is 17.0 Å². The number of rotatable bonds is 3. The number of aromatic nitrogens is 2. The van der Waals surface area contributed by atoms with E-state index in [4.69, 9.17) is 5.73 Å². The Balaban J connectivity index is 3.25. The first-order valence-corrected chi connectivity index (χ1v) is 5.80. The van der Waals surface area contributed by atoms with Crippen molar-refractivity contribution in [2.75, 3.05) is 18.5 Å². The van der Waals surface area contributed by atoms with Crippen molar-refractivity contribution < 1.29 is 0 Å². The van der Waals surface area contributed by atoms with Gasteiger partial charge in [0.1, 0.15) is 0 Å². The van der Waals surface area contributed by atoms with Crippen molar-refractivity contribution in [1.29, 1.82) is 0 Å². The summed E-state index contributed by atoms with van der Waals surface area (Å²) in [6, 6.07) is 0.0889. The maximum absolute atomic E-state index is 12.3. The van der Waals surface area contributed by atoms with Gasteiger partial charge in [0.05, 0.1) is 0 Å². The van der Waals surface area contributed by atoms with Crippen molar-refractivity contribution in [1.82, 2.24) is 9.55 Å². The molecule has 0 saturated carbocycles. The molecule has 96 valence electrons. The second-order valence-corrected chi connectivity index (χ2v) is 5.29. The topological polar surface area (TPSA) is 64.2 Å². The zero-order chi connectivity index (χ0) is 13.2. The van der Waals surface area contributed by atoms with E-state index < -0.39 is 0 Å². The number of nitrogens with zero attached hydrogens (tertiary/aromatic N) is 3. The molecule has 0 amide bonds. The Morgan fingerprint density at radius 2 is 2.12 bits per heavy atom. The monoisotopic (exact) mass is 238 g/mol. The van der Waals surface area contributed by atoms with Gasteiger partial charge in [-0.1, -0.05) is 0 Å². The fourth-order valence-corrected chi connectivity index (χ4v) is 1.54. The maximum atomic E-state index is 12.3. The van der Waals surface area contributed by atoms with Gasteiger partial charge < -0.3 is 15.2 Å². The van der Waals surface area contributed by atoms with E-state index in [2.05, 4.69) is 4.98 Å². The van der Waals surface area contributed by atoms with Crippen molar-refractivity contribution in [3.05, 3.63) is 22.7 Å². The quantitative estimate of drug-likeness (QED) is 0.845. The van der Waals surface area contributed by atoms with Gasteiger partial charge in [-0.15, -0.1) is 0 Å². The van der Waals surface area contributed by atoms with Crippen molar-refractivity contribution >= 4 is 5.82 Å². The highest BCUT2D eigenvalue weighted by Crippen LogP contribution is 2.12. The Hall–Kier alpha value is -1.36. The molecule has 5 nitrogen and oxygen atoms in total. The molecule has 0 radical (unpaired) electrons. The largest absolute Gasteiger partial charge is 0.351 e. The summed E-state index contributed by atoms with van der Waals surface area (Å²) in [6.07, 6.45) is 3.37. The molecule has 1 heterocycles. The van der Waals surface area contributed by atoms with Crippen LogP contribution >= 0.6 is 0 Å². The summed E-state index contributed by atoms with van der Waals surface area (Å²) in [5.41, 5.74) is 5.28. The smallest absolute Gasteiger partial charge is 0.293 e. The molecule has 1 rings (SSSR count). The fourth-order valence-electron chi connectivity index (χ4n) is 1.54. The van der Waals surface area contributed by atoms with Gasteiger partial charge in [-0.25, -0.2) is 4.98 Å². The van der Waals surface area contributed by atoms with Gasteiger partial charge in [0.2, 0.25) is 0 Å². The Kier molecular flexibility index (Phi) is 3.93. The Morgan fingerprint density at radius 1 is 1.53 bits per heavy atom. The highest BCUT2D eigenvalue weighted by atomic mass is 16.1. The molecule has 0 aliphatic heterocycles. The van der Waals surface area contributed by atoms with E-state index in [9.17, 15) is 4.79 Å². The molecule has 5 heteroatoms. The molecule has 0 bridgehead atoms.